The number of aliphatic hydroxyl groups is 5. The first-order valence-electron chi connectivity index (χ1n) is 16.4. The zero-order chi connectivity index (χ0) is 30.3. The SMILES string of the molecule is CCCCC/C=C\CCCCCCCC(=O)NC(COC1OC(CO)C(O)C(O)C1O)C(O)CCCCCCCC. The topological polar surface area (TPSA) is 149 Å². The number of aliphatic hydroxyl groups excluding tert-OH is 5. The van der Waals surface area contributed by atoms with E-state index in [1.165, 1.54) is 51.4 Å². The molecule has 242 valence electrons. The van der Waals surface area contributed by atoms with Gasteiger partial charge < -0.3 is 40.3 Å². The Balaban J connectivity index is 2.47. The van der Waals surface area contributed by atoms with E-state index in [0.29, 0.717) is 12.8 Å². The largest absolute Gasteiger partial charge is 0.394 e. The van der Waals surface area contributed by atoms with E-state index in [1.54, 1.807) is 0 Å². The zero-order valence-corrected chi connectivity index (χ0v) is 25.8. The highest BCUT2D eigenvalue weighted by molar-refractivity contribution is 5.76. The Morgan fingerprint density at radius 1 is 0.805 bits per heavy atom. The van der Waals surface area contributed by atoms with E-state index in [1.807, 2.05) is 0 Å². The first-order chi connectivity index (χ1) is 19.8. The van der Waals surface area contributed by atoms with Crippen LogP contribution in [0.15, 0.2) is 12.2 Å². The van der Waals surface area contributed by atoms with Crippen LogP contribution in [0.3, 0.4) is 0 Å². The number of nitrogens with one attached hydrogen (secondary N) is 1. The van der Waals surface area contributed by atoms with Gasteiger partial charge in [0.05, 0.1) is 25.4 Å². The average molecular weight is 588 g/mol. The molecule has 0 aromatic carbocycles. The van der Waals surface area contributed by atoms with Gasteiger partial charge >= 0.3 is 0 Å². The Hall–Kier alpha value is -1.07. The number of carbonyl (C=O) groups excluding carboxylic acids is 1. The molecule has 1 fully saturated rings. The van der Waals surface area contributed by atoms with Crippen molar-refractivity contribution in [3.8, 4) is 0 Å². The van der Waals surface area contributed by atoms with Crippen LogP contribution in [0.4, 0.5) is 0 Å². The molecule has 6 N–H and O–H groups in total. The van der Waals surface area contributed by atoms with Crippen molar-refractivity contribution in [2.75, 3.05) is 13.2 Å². The van der Waals surface area contributed by atoms with Gasteiger partial charge in [0.1, 0.15) is 24.4 Å². The summed E-state index contributed by atoms with van der Waals surface area (Å²) in [6, 6.07) is -0.713. The summed E-state index contributed by atoms with van der Waals surface area (Å²) in [7, 11) is 0. The number of ether oxygens (including phenoxy) is 2. The van der Waals surface area contributed by atoms with Crippen LogP contribution in [-0.2, 0) is 14.3 Å². The summed E-state index contributed by atoms with van der Waals surface area (Å²) in [6.45, 7) is 3.69. The van der Waals surface area contributed by atoms with Crippen LogP contribution >= 0.6 is 0 Å². The Morgan fingerprint density at radius 2 is 1.37 bits per heavy atom. The second-order valence-electron chi connectivity index (χ2n) is 11.6. The number of carbonyl (C=O) groups is 1. The van der Waals surface area contributed by atoms with Gasteiger partial charge in [0, 0.05) is 6.42 Å². The lowest BCUT2D eigenvalue weighted by Crippen LogP contribution is -2.60. The third-order valence-corrected chi connectivity index (χ3v) is 7.87. The molecule has 0 aliphatic carbocycles. The average Bonchev–Trinajstić information content (AvgIpc) is 2.97. The monoisotopic (exact) mass is 587 g/mol. The summed E-state index contributed by atoms with van der Waals surface area (Å²) < 4.78 is 11.1. The predicted molar refractivity (Wildman–Crippen MR) is 161 cm³/mol. The highest BCUT2D eigenvalue weighted by atomic mass is 16.7. The van der Waals surface area contributed by atoms with E-state index < -0.39 is 49.5 Å². The maximum atomic E-state index is 12.7. The Kier molecular flexibility index (Phi) is 22.6. The van der Waals surface area contributed by atoms with Gasteiger partial charge in [0.25, 0.3) is 0 Å². The van der Waals surface area contributed by atoms with Crippen LogP contribution in [0.25, 0.3) is 0 Å². The van der Waals surface area contributed by atoms with Crippen molar-refractivity contribution in [1.82, 2.24) is 5.32 Å². The molecule has 1 saturated heterocycles. The van der Waals surface area contributed by atoms with Crippen LogP contribution in [0, 0.1) is 0 Å². The minimum atomic E-state index is -1.55. The summed E-state index contributed by atoms with van der Waals surface area (Å²) in [6.07, 6.45) is 15.4. The fraction of sp³-hybridized carbons (Fsp3) is 0.906. The third kappa shape index (κ3) is 17.0. The number of unbranched alkanes of at least 4 members (excludes halogenated alkanes) is 13. The lowest BCUT2D eigenvalue weighted by molar-refractivity contribution is -0.302. The molecular weight excluding hydrogens is 526 g/mol. The number of amides is 1. The molecular formula is C32H61NO8. The van der Waals surface area contributed by atoms with Gasteiger partial charge in [-0.25, -0.2) is 0 Å². The molecule has 1 aliphatic heterocycles. The van der Waals surface area contributed by atoms with E-state index in [4.69, 9.17) is 9.47 Å². The number of hydrogen-bond donors (Lipinski definition) is 6. The van der Waals surface area contributed by atoms with Crippen LogP contribution < -0.4 is 5.32 Å². The molecule has 9 nitrogen and oxygen atoms in total. The third-order valence-electron chi connectivity index (χ3n) is 7.87. The van der Waals surface area contributed by atoms with Crippen molar-refractivity contribution in [3.05, 3.63) is 12.2 Å². The molecule has 0 aromatic rings. The fourth-order valence-electron chi connectivity index (χ4n) is 5.09. The maximum Gasteiger partial charge on any atom is 0.220 e. The maximum absolute atomic E-state index is 12.7. The lowest BCUT2D eigenvalue weighted by Gasteiger charge is -2.40. The predicted octanol–water partition coefficient (Wildman–Crippen LogP) is 4.27. The van der Waals surface area contributed by atoms with Gasteiger partial charge in [-0.15, -0.1) is 0 Å². The van der Waals surface area contributed by atoms with Gasteiger partial charge in [-0.3, -0.25) is 4.79 Å². The van der Waals surface area contributed by atoms with E-state index >= 15 is 0 Å². The number of rotatable bonds is 25. The van der Waals surface area contributed by atoms with Gasteiger partial charge in [-0.2, -0.15) is 0 Å². The van der Waals surface area contributed by atoms with Crippen molar-refractivity contribution >= 4 is 5.91 Å². The summed E-state index contributed by atoms with van der Waals surface area (Å²) in [5.41, 5.74) is 0. The molecule has 1 aliphatic rings. The normalized spacial score (nSPS) is 24.5. The Bertz CT molecular complexity index is 662. The number of hydrogen-bond acceptors (Lipinski definition) is 8. The summed E-state index contributed by atoms with van der Waals surface area (Å²) in [5.74, 6) is -0.163. The molecule has 7 unspecified atom stereocenters. The van der Waals surface area contributed by atoms with E-state index in [9.17, 15) is 30.3 Å². The summed E-state index contributed by atoms with van der Waals surface area (Å²) in [5, 5.41) is 53.5. The minimum Gasteiger partial charge on any atom is -0.394 e. The molecule has 1 heterocycles. The van der Waals surface area contributed by atoms with Crippen molar-refractivity contribution in [2.24, 2.45) is 0 Å². The molecule has 0 bridgehead atoms. The van der Waals surface area contributed by atoms with Crippen molar-refractivity contribution in [3.63, 3.8) is 0 Å². The summed E-state index contributed by atoms with van der Waals surface area (Å²) in [4.78, 5) is 12.7. The van der Waals surface area contributed by atoms with E-state index in [-0.39, 0.29) is 12.5 Å². The molecule has 1 rings (SSSR count). The second kappa shape index (κ2) is 24.4. The molecule has 0 aromatic heterocycles. The molecule has 1 amide bonds. The van der Waals surface area contributed by atoms with E-state index in [0.717, 1.165) is 51.4 Å². The number of allylic oxidation sites excluding steroid dienone is 2. The van der Waals surface area contributed by atoms with Gasteiger partial charge in [0.15, 0.2) is 6.29 Å². The van der Waals surface area contributed by atoms with Gasteiger partial charge in [-0.1, -0.05) is 96.6 Å². The molecule has 41 heavy (non-hydrogen) atoms. The highest BCUT2D eigenvalue weighted by Gasteiger charge is 2.44. The molecule has 7 atom stereocenters. The molecule has 0 radical (unpaired) electrons. The van der Waals surface area contributed by atoms with Crippen LogP contribution in [0.1, 0.15) is 129 Å². The van der Waals surface area contributed by atoms with Crippen molar-refractivity contribution < 1.29 is 39.8 Å². The van der Waals surface area contributed by atoms with Crippen LogP contribution in [-0.4, -0.2) is 87.5 Å². The first-order valence-corrected chi connectivity index (χ1v) is 16.4. The fourth-order valence-corrected chi connectivity index (χ4v) is 5.09. The van der Waals surface area contributed by atoms with Crippen LogP contribution in [0.2, 0.25) is 0 Å². The quantitative estimate of drug-likeness (QED) is 0.0685. The van der Waals surface area contributed by atoms with Crippen molar-refractivity contribution in [1.29, 1.82) is 0 Å². The molecule has 0 spiro atoms. The van der Waals surface area contributed by atoms with E-state index in [2.05, 4.69) is 31.3 Å². The molecule has 9 heteroatoms. The van der Waals surface area contributed by atoms with Gasteiger partial charge in [0.2, 0.25) is 5.91 Å². The Labute approximate surface area is 248 Å². The molecule has 0 saturated carbocycles. The summed E-state index contributed by atoms with van der Waals surface area (Å²) >= 11 is 0. The van der Waals surface area contributed by atoms with Crippen molar-refractivity contribution in [2.45, 2.75) is 172 Å². The zero-order valence-electron chi connectivity index (χ0n) is 25.8. The first kappa shape index (κ1) is 38.0. The second-order valence-corrected chi connectivity index (χ2v) is 11.6. The van der Waals surface area contributed by atoms with Gasteiger partial charge in [-0.05, 0) is 38.5 Å². The smallest absolute Gasteiger partial charge is 0.220 e. The highest BCUT2D eigenvalue weighted by Crippen LogP contribution is 2.22. The van der Waals surface area contributed by atoms with Crippen LogP contribution in [0.5, 0.6) is 0 Å². The lowest BCUT2D eigenvalue weighted by atomic mass is 9.99. The standard InChI is InChI=1S/C32H61NO8/c1-3-5-7-9-11-12-13-14-15-16-18-20-22-28(36)33-25(26(35)21-19-17-10-8-6-4-2)24-40-32-31(39)30(38)29(37)27(23-34)41-32/h11-12,25-27,29-32,34-35,37-39H,3-10,13-24H2,1-2H3,(H,33,36)/b12-11-. The Morgan fingerprint density at radius 3 is 2.02 bits per heavy atom. The minimum absolute atomic E-state index is 0.141.